The molecule has 5 N–H and O–H groups in total. The molecule has 6 atom stereocenters. The minimum absolute atomic E-state index is 0.182. The molecular formula is C13H20IN3O7P2. The van der Waals surface area contributed by atoms with Crippen molar-refractivity contribution in [2.45, 2.75) is 46.4 Å². The van der Waals surface area contributed by atoms with Gasteiger partial charge in [0.15, 0.2) is 16.2 Å². The van der Waals surface area contributed by atoms with E-state index in [0.29, 0.717) is 12.8 Å². The van der Waals surface area contributed by atoms with Crippen LogP contribution in [-0.2, 0) is 25.6 Å². The Morgan fingerprint density at radius 2 is 2.27 bits per heavy atom. The lowest BCUT2D eigenvalue weighted by Gasteiger charge is -2.65. The maximum absolute atomic E-state index is 12.3. The number of carbonyl (C=O) groups is 1. The van der Waals surface area contributed by atoms with E-state index >= 15 is 0 Å². The minimum atomic E-state index is -2.48. The first-order valence-corrected chi connectivity index (χ1v) is 11.5. The van der Waals surface area contributed by atoms with Gasteiger partial charge in [-0.25, -0.2) is 14.8 Å². The molecular weight excluding hydrogens is 499 g/mol. The maximum atomic E-state index is 12.3. The van der Waals surface area contributed by atoms with Crippen molar-refractivity contribution in [3.8, 4) is 0 Å². The fourth-order valence-corrected chi connectivity index (χ4v) is 7.69. The van der Waals surface area contributed by atoms with Gasteiger partial charge in [0.1, 0.15) is 12.3 Å². The second-order valence-electron chi connectivity index (χ2n) is 6.15. The van der Waals surface area contributed by atoms with Crippen molar-refractivity contribution < 1.29 is 34.0 Å². The fourth-order valence-electron chi connectivity index (χ4n) is 3.11. The lowest BCUT2D eigenvalue weighted by molar-refractivity contribution is -0.543. The number of nitrogens with zero attached hydrogens (tertiary/aromatic N) is 2. The van der Waals surface area contributed by atoms with Crippen molar-refractivity contribution in [2.24, 2.45) is 5.73 Å². The van der Waals surface area contributed by atoms with Gasteiger partial charge >= 0.3 is 0 Å². The number of aromatic nitrogens is 2. The highest BCUT2D eigenvalue weighted by molar-refractivity contribution is 14.1. The van der Waals surface area contributed by atoms with Gasteiger partial charge in [0.05, 0.1) is 19.4 Å². The monoisotopic (exact) mass is 519 g/mol. The number of fused-ring (bicyclic) bond motifs is 1. The molecule has 2 aliphatic rings. The highest BCUT2D eigenvalue weighted by atomic mass is 127. The van der Waals surface area contributed by atoms with Crippen LogP contribution in [0.1, 0.15) is 19.8 Å². The predicted octanol–water partition coefficient (Wildman–Crippen LogP) is 0.739. The Kier molecular flexibility index (Phi) is 6.07. The first-order chi connectivity index (χ1) is 12.2. The van der Waals surface area contributed by atoms with Gasteiger partial charge in [-0.3, -0.25) is 4.79 Å². The van der Waals surface area contributed by atoms with Crippen molar-refractivity contribution in [2.75, 3.05) is 6.54 Å². The molecule has 2 fully saturated rings. The molecule has 10 nitrogen and oxygen atoms in total. The van der Waals surface area contributed by atoms with Crippen LogP contribution in [0.3, 0.4) is 0 Å². The smallest absolute Gasteiger partial charge is 0.212 e. The van der Waals surface area contributed by atoms with E-state index in [-0.39, 0.29) is 13.1 Å². The van der Waals surface area contributed by atoms with E-state index in [4.69, 9.17) is 20.0 Å². The highest BCUT2D eigenvalue weighted by Gasteiger charge is 2.81. The lowest BCUT2D eigenvalue weighted by atomic mass is 9.71. The predicted molar refractivity (Wildman–Crippen MR) is 101 cm³/mol. The normalized spacial score (nSPS) is 33.2. The Balaban J connectivity index is 1.92. The standard InChI is InChI=1S/C13H20IN3O7P2/c1-9(14)22-26(21)13(19,7-17-5-4-16-8-17)25(20)12-3-2-11(12,23-24-12)10(18)6-15/h4-5,8-9,19-21H,2-3,6-7,15H2,1H3/t9-,11?,12+,13?,25-,26+/m1/s1. The summed E-state index contributed by atoms with van der Waals surface area (Å²) in [4.78, 5) is 48.1. The van der Waals surface area contributed by atoms with Crippen LogP contribution in [-0.4, -0.2) is 56.9 Å². The highest BCUT2D eigenvalue weighted by Crippen LogP contribution is 2.79. The third-order valence-electron chi connectivity index (χ3n) is 4.59. The number of Topliss-reactive ketones (excluding diaryl/α,β-unsaturated/α-hetero) is 1. The van der Waals surface area contributed by atoms with Crippen LogP contribution in [0.25, 0.3) is 0 Å². The molecule has 3 rings (SSSR count). The Hall–Kier alpha value is 0.190. The van der Waals surface area contributed by atoms with Crippen molar-refractivity contribution in [1.29, 1.82) is 0 Å². The molecule has 2 heterocycles. The van der Waals surface area contributed by atoms with Gasteiger partial charge in [-0.1, -0.05) is 22.6 Å². The molecule has 1 aliphatic heterocycles. The number of hydrogen-bond acceptors (Lipinski definition) is 9. The van der Waals surface area contributed by atoms with Crippen LogP contribution in [0.4, 0.5) is 0 Å². The summed E-state index contributed by atoms with van der Waals surface area (Å²) in [7, 11) is -4.94. The molecule has 1 aliphatic carbocycles. The number of rotatable bonds is 9. The van der Waals surface area contributed by atoms with Gasteiger partial charge in [-0.05, 0) is 19.8 Å². The van der Waals surface area contributed by atoms with Crippen LogP contribution in [0, 0.1) is 0 Å². The van der Waals surface area contributed by atoms with Crippen LogP contribution < -0.4 is 5.73 Å². The quantitative estimate of drug-likeness (QED) is 0.160. The number of carbonyl (C=O) groups excluding carboxylic acids is 1. The van der Waals surface area contributed by atoms with Crippen molar-refractivity contribution in [3.63, 3.8) is 0 Å². The van der Waals surface area contributed by atoms with Crippen LogP contribution in [0.15, 0.2) is 18.7 Å². The van der Waals surface area contributed by atoms with Gasteiger partial charge in [0.25, 0.3) is 0 Å². The third-order valence-corrected chi connectivity index (χ3v) is 9.76. The summed E-state index contributed by atoms with van der Waals surface area (Å²) in [6.45, 7) is 1.23. The van der Waals surface area contributed by atoms with Gasteiger partial charge in [0, 0.05) is 12.4 Å². The number of aliphatic hydroxyl groups is 1. The number of alkyl halides is 1. The van der Waals surface area contributed by atoms with E-state index < -0.39 is 42.4 Å². The molecule has 13 heteroatoms. The third kappa shape index (κ3) is 3.06. The number of hydrogen-bond donors (Lipinski definition) is 4. The van der Waals surface area contributed by atoms with Crippen molar-refractivity contribution >= 4 is 44.9 Å². The molecule has 0 bridgehead atoms. The molecule has 0 aromatic carbocycles. The topological polar surface area (TPSA) is 149 Å². The summed E-state index contributed by atoms with van der Waals surface area (Å²) < 4.78 is 6.51. The van der Waals surface area contributed by atoms with Crippen LogP contribution >= 0.6 is 39.1 Å². The average molecular weight is 519 g/mol. The van der Waals surface area contributed by atoms with Gasteiger partial charge in [-0.15, -0.1) is 0 Å². The average Bonchev–Trinajstić information content (AvgIpc) is 3.08. The molecule has 0 amide bonds. The molecule has 26 heavy (non-hydrogen) atoms. The second kappa shape index (κ2) is 7.55. The summed E-state index contributed by atoms with van der Waals surface area (Å²) in [6.07, 6.45) is 5.17. The molecule has 1 aromatic rings. The molecule has 1 aromatic heterocycles. The number of nitrogens with two attached hydrogens (primary N) is 1. The van der Waals surface area contributed by atoms with E-state index in [1.54, 1.807) is 13.1 Å². The molecule has 2 unspecified atom stereocenters. The summed E-state index contributed by atoms with van der Waals surface area (Å²) >= 11 is 1.94. The van der Waals surface area contributed by atoms with Gasteiger partial charge < -0.3 is 29.7 Å². The first kappa shape index (κ1) is 20.9. The number of halogens is 1. The first-order valence-electron chi connectivity index (χ1n) is 7.79. The molecule has 146 valence electrons. The minimum Gasteiger partial charge on any atom is -0.373 e. The Labute approximate surface area is 165 Å². The summed E-state index contributed by atoms with van der Waals surface area (Å²) in [5.74, 6) is -0.410. The summed E-state index contributed by atoms with van der Waals surface area (Å²) in [6, 6.07) is 0. The second-order valence-corrected chi connectivity index (χ2v) is 11.8. The molecule has 0 spiro atoms. The Morgan fingerprint density at radius 3 is 2.69 bits per heavy atom. The van der Waals surface area contributed by atoms with E-state index in [0.717, 1.165) is 0 Å². The summed E-state index contributed by atoms with van der Waals surface area (Å²) in [5, 5.41) is 7.82. The Morgan fingerprint density at radius 1 is 1.54 bits per heavy atom. The van der Waals surface area contributed by atoms with Gasteiger partial charge in [0.2, 0.25) is 14.0 Å². The Bertz CT molecular complexity index is 656. The van der Waals surface area contributed by atoms with E-state index in [1.165, 1.54) is 17.1 Å². The van der Waals surface area contributed by atoms with Crippen LogP contribution in [0.2, 0.25) is 0 Å². The van der Waals surface area contributed by atoms with Crippen molar-refractivity contribution in [1.82, 2.24) is 9.55 Å². The molecule has 1 saturated carbocycles. The van der Waals surface area contributed by atoms with Crippen molar-refractivity contribution in [3.05, 3.63) is 18.7 Å². The fraction of sp³-hybridized carbons (Fsp3) is 0.692. The number of imidazole rings is 1. The SMILES string of the molecule is C[C@H](I)O[P@](O)C(O)(Cn1ccnc1)[P@](O)[C@@]12CCC1(C(=O)CN)OO2. The largest absolute Gasteiger partial charge is 0.373 e. The van der Waals surface area contributed by atoms with E-state index in [2.05, 4.69) is 4.98 Å². The lowest BCUT2D eigenvalue weighted by Crippen LogP contribution is -2.78. The zero-order valence-corrected chi connectivity index (χ0v) is 17.8. The van der Waals surface area contributed by atoms with Gasteiger partial charge in [-0.2, -0.15) is 0 Å². The zero-order chi connectivity index (χ0) is 19.2. The number of ketones is 1. The molecule has 0 radical (unpaired) electrons. The maximum Gasteiger partial charge on any atom is 0.212 e. The van der Waals surface area contributed by atoms with Crippen LogP contribution in [0.5, 0.6) is 0 Å². The molecule has 1 saturated heterocycles. The summed E-state index contributed by atoms with van der Waals surface area (Å²) in [5.41, 5.74) is 4.08. The van der Waals surface area contributed by atoms with E-state index in [1.807, 2.05) is 22.6 Å². The zero-order valence-electron chi connectivity index (χ0n) is 13.9. The van der Waals surface area contributed by atoms with E-state index in [9.17, 15) is 19.7 Å².